The number of aryl methyl sites for hydroxylation is 1. The third-order valence-electron chi connectivity index (χ3n) is 3.39. The largest absolute Gasteiger partial charge is 0.378 e. The molecule has 1 aliphatic carbocycles. The number of fused-ring (bicyclic) bond motifs is 1. The van der Waals surface area contributed by atoms with E-state index in [2.05, 4.69) is 10.7 Å². The van der Waals surface area contributed by atoms with E-state index in [-0.39, 0.29) is 0 Å². The van der Waals surface area contributed by atoms with E-state index in [9.17, 15) is 0 Å². The van der Waals surface area contributed by atoms with Crippen molar-refractivity contribution in [3.05, 3.63) is 21.4 Å². The maximum absolute atomic E-state index is 5.54. The lowest BCUT2D eigenvalue weighted by Crippen LogP contribution is -2.34. The smallest absolute Gasteiger partial charge is 0.0662 e. The minimum atomic E-state index is 0.455. The average Bonchev–Trinajstić information content (AvgIpc) is 2.74. The first-order valence-electron chi connectivity index (χ1n) is 5.85. The summed E-state index contributed by atoms with van der Waals surface area (Å²) in [5.41, 5.74) is 3.16. The summed E-state index contributed by atoms with van der Waals surface area (Å²) in [5.74, 6) is 0. The fourth-order valence-electron chi connectivity index (χ4n) is 2.58. The van der Waals surface area contributed by atoms with Crippen LogP contribution in [0, 0.1) is 0 Å². The lowest BCUT2D eigenvalue weighted by molar-refractivity contribution is 0.0767. The van der Waals surface area contributed by atoms with Gasteiger partial charge in [-0.25, -0.2) is 0 Å². The predicted octanol–water partition coefficient (Wildman–Crippen LogP) is 2.29. The molecule has 1 aliphatic heterocycles. The van der Waals surface area contributed by atoms with Gasteiger partial charge in [-0.2, -0.15) is 0 Å². The van der Waals surface area contributed by atoms with E-state index in [1.54, 1.807) is 10.4 Å². The Kier molecular flexibility index (Phi) is 2.77. The molecule has 15 heavy (non-hydrogen) atoms. The molecule has 1 N–H and O–H groups in total. The van der Waals surface area contributed by atoms with E-state index in [1.807, 2.05) is 11.3 Å². The minimum Gasteiger partial charge on any atom is -0.378 e. The zero-order valence-electron chi connectivity index (χ0n) is 8.92. The molecule has 1 aromatic heterocycles. The van der Waals surface area contributed by atoms with Crippen molar-refractivity contribution < 1.29 is 4.74 Å². The SMILES string of the molecule is c1sc2c(c1C1COCCN1)CCCC2. The van der Waals surface area contributed by atoms with Crippen LogP contribution in [0.3, 0.4) is 0 Å². The van der Waals surface area contributed by atoms with Gasteiger partial charge in [-0.15, -0.1) is 11.3 Å². The molecule has 2 nitrogen and oxygen atoms in total. The highest BCUT2D eigenvalue weighted by Crippen LogP contribution is 2.34. The molecule has 3 rings (SSSR count). The zero-order valence-corrected chi connectivity index (χ0v) is 9.74. The van der Waals surface area contributed by atoms with Gasteiger partial charge in [-0.05, 0) is 42.2 Å². The molecule has 1 fully saturated rings. The highest BCUT2D eigenvalue weighted by molar-refractivity contribution is 7.10. The molecule has 1 aromatic rings. The van der Waals surface area contributed by atoms with Crippen LogP contribution in [0.4, 0.5) is 0 Å². The van der Waals surface area contributed by atoms with Gasteiger partial charge < -0.3 is 10.1 Å². The van der Waals surface area contributed by atoms with Crippen LogP contribution in [0.5, 0.6) is 0 Å². The molecule has 0 saturated carbocycles. The van der Waals surface area contributed by atoms with E-state index in [0.29, 0.717) is 6.04 Å². The summed E-state index contributed by atoms with van der Waals surface area (Å²) in [6.07, 6.45) is 5.33. The van der Waals surface area contributed by atoms with Crippen molar-refractivity contribution in [3.8, 4) is 0 Å². The number of rotatable bonds is 1. The van der Waals surface area contributed by atoms with E-state index < -0.39 is 0 Å². The van der Waals surface area contributed by atoms with Crippen LogP contribution in [0.25, 0.3) is 0 Å². The van der Waals surface area contributed by atoms with Crippen LogP contribution >= 0.6 is 11.3 Å². The van der Waals surface area contributed by atoms with Crippen molar-refractivity contribution in [2.75, 3.05) is 19.8 Å². The fourth-order valence-corrected chi connectivity index (χ4v) is 3.78. The zero-order chi connectivity index (χ0) is 10.1. The van der Waals surface area contributed by atoms with Crippen LogP contribution in [0.2, 0.25) is 0 Å². The number of nitrogens with one attached hydrogen (secondary N) is 1. The predicted molar refractivity (Wildman–Crippen MR) is 62.5 cm³/mol. The van der Waals surface area contributed by atoms with E-state index in [0.717, 1.165) is 19.8 Å². The summed E-state index contributed by atoms with van der Waals surface area (Å²) in [6, 6.07) is 0.455. The molecule has 2 aliphatic rings. The maximum atomic E-state index is 5.54. The first kappa shape index (κ1) is 9.82. The summed E-state index contributed by atoms with van der Waals surface area (Å²) >= 11 is 1.95. The number of hydrogen-bond donors (Lipinski definition) is 1. The Morgan fingerprint density at radius 3 is 3.13 bits per heavy atom. The summed E-state index contributed by atoms with van der Waals surface area (Å²) < 4.78 is 5.54. The van der Waals surface area contributed by atoms with Gasteiger partial charge in [0.2, 0.25) is 0 Å². The normalized spacial score (nSPS) is 26.3. The molecule has 0 radical (unpaired) electrons. The van der Waals surface area contributed by atoms with Crippen LogP contribution in [0.15, 0.2) is 5.38 Å². The second-order valence-electron chi connectivity index (χ2n) is 4.38. The molecule has 1 unspecified atom stereocenters. The topological polar surface area (TPSA) is 21.3 Å². The molecular formula is C12H17NOS. The number of ether oxygens (including phenoxy) is 1. The summed E-state index contributed by atoms with van der Waals surface area (Å²) in [6.45, 7) is 2.71. The van der Waals surface area contributed by atoms with Gasteiger partial charge in [0.05, 0.1) is 19.3 Å². The van der Waals surface area contributed by atoms with Crippen molar-refractivity contribution in [2.24, 2.45) is 0 Å². The van der Waals surface area contributed by atoms with E-state index in [1.165, 1.54) is 31.2 Å². The molecule has 82 valence electrons. The van der Waals surface area contributed by atoms with Crippen LogP contribution in [-0.2, 0) is 17.6 Å². The van der Waals surface area contributed by atoms with Crippen LogP contribution in [-0.4, -0.2) is 19.8 Å². The van der Waals surface area contributed by atoms with E-state index >= 15 is 0 Å². The number of thiophene rings is 1. The molecule has 1 saturated heterocycles. The van der Waals surface area contributed by atoms with Crippen LogP contribution < -0.4 is 5.32 Å². The van der Waals surface area contributed by atoms with Crippen molar-refractivity contribution in [1.29, 1.82) is 0 Å². The summed E-state index contributed by atoms with van der Waals surface area (Å²) in [5, 5.41) is 5.90. The van der Waals surface area contributed by atoms with Gasteiger partial charge in [0.1, 0.15) is 0 Å². The van der Waals surface area contributed by atoms with Gasteiger partial charge >= 0.3 is 0 Å². The third kappa shape index (κ3) is 1.84. The average molecular weight is 223 g/mol. The van der Waals surface area contributed by atoms with Gasteiger partial charge in [0.25, 0.3) is 0 Å². The molecule has 3 heteroatoms. The first-order valence-corrected chi connectivity index (χ1v) is 6.73. The highest BCUT2D eigenvalue weighted by Gasteiger charge is 2.23. The van der Waals surface area contributed by atoms with E-state index in [4.69, 9.17) is 4.74 Å². The van der Waals surface area contributed by atoms with Gasteiger partial charge in [-0.3, -0.25) is 0 Å². The molecular weight excluding hydrogens is 206 g/mol. The Morgan fingerprint density at radius 1 is 1.33 bits per heavy atom. The first-order chi connectivity index (χ1) is 7.45. The Bertz CT molecular complexity index is 341. The Hall–Kier alpha value is -0.380. The third-order valence-corrected chi connectivity index (χ3v) is 4.50. The standard InChI is InChI=1S/C12H17NOS/c1-2-4-12-9(3-1)10(8-15-12)11-7-14-6-5-13-11/h8,11,13H,1-7H2. The highest BCUT2D eigenvalue weighted by atomic mass is 32.1. The second-order valence-corrected chi connectivity index (χ2v) is 5.35. The van der Waals surface area contributed by atoms with Crippen molar-refractivity contribution in [3.63, 3.8) is 0 Å². The lowest BCUT2D eigenvalue weighted by Gasteiger charge is -2.25. The molecule has 0 amide bonds. The number of morpholine rings is 1. The van der Waals surface area contributed by atoms with Crippen molar-refractivity contribution in [1.82, 2.24) is 5.32 Å². The van der Waals surface area contributed by atoms with Crippen LogP contribution in [0.1, 0.15) is 34.9 Å². The fraction of sp³-hybridized carbons (Fsp3) is 0.667. The second kappa shape index (κ2) is 4.24. The quantitative estimate of drug-likeness (QED) is 0.788. The van der Waals surface area contributed by atoms with Crippen molar-refractivity contribution >= 4 is 11.3 Å². The molecule has 0 bridgehead atoms. The summed E-state index contributed by atoms with van der Waals surface area (Å²) in [4.78, 5) is 1.63. The monoisotopic (exact) mass is 223 g/mol. The number of hydrogen-bond acceptors (Lipinski definition) is 3. The Balaban J connectivity index is 1.87. The van der Waals surface area contributed by atoms with Gasteiger partial charge in [-0.1, -0.05) is 0 Å². The molecule has 2 heterocycles. The molecule has 0 aromatic carbocycles. The Morgan fingerprint density at radius 2 is 2.27 bits per heavy atom. The molecule has 0 spiro atoms. The summed E-state index contributed by atoms with van der Waals surface area (Å²) in [7, 11) is 0. The lowest BCUT2D eigenvalue weighted by atomic mass is 9.93. The van der Waals surface area contributed by atoms with Crippen molar-refractivity contribution in [2.45, 2.75) is 31.7 Å². The van der Waals surface area contributed by atoms with Gasteiger partial charge in [0.15, 0.2) is 0 Å². The maximum Gasteiger partial charge on any atom is 0.0662 e. The molecule has 1 atom stereocenters. The van der Waals surface area contributed by atoms with Gasteiger partial charge in [0, 0.05) is 11.4 Å². The Labute approximate surface area is 94.6 Å². The minimum absolute atomic E-state index is 0.455.